The molecule has 0 bridgehead atoms. The number of carbonyl (C=O) groups is 1. The molecule has 1 aromatic carbocycles. The Morgan fingerprint density at radius 3 is 3.00 bits per heavy atom. The first-order valence-electron chi connectivity index (χ1n) is 7.33. The van der Waals surface area contributed by atoms with Crippen LogP contribution in [-0.4, -0.2) is 21.7 Å². The Kier molecular flexibility index (Phi) is 3.80. The van der Waals surface area contributed by atoms with Crippen molar-refractivity contribution in [3.63, 3.8) is 0 Å². The van der Waals surface area contributed by atoms with Crippen molar-refractivity contribution in [2.75, 3.05) is 0 Å². The van der Waals surface area contributed by atoms with E-state index < -0.39 is 12.0 Å². The number of fused-ring (bicyclic) bond motifs is 3. The number of carboxylic acids is 1. The second kappa shape index (κ2) is 5.46. The van der Waals surface area contributed by atoms with Gasteiger partial charge >= 0.3 is 5.97 Å². The number of aromatic nitrogens is 1. The van der Waals surface area contributed by atoms with Gasteiger partial charge in [-0.05, 0) is 53.2 Å². The highest BCUT2D eigenvalue weighted by Gasteiger charge is 2.29. The molecule has 0 radical (unpaired) electrons. The average Bonchev–Trinajstić information content (AvgIpc) is 2.75. The van der Waals surface area contributed by atoms with Crippen molar-refractivity contribution in [1.29, 1.82) is 0 Å². The molecule has 2 unspecified atom stereocenters. The molecule has 5 heteroatoms. The minimum absolute atomic E-state index is 0.167. The van der Waals surface area contributed by atoms with Gasteiger partial charge in [-0.3, -0.25) is 0 Å². The number of carboxylic acid groups (broad SMARTS) is 1. The van der Waals surface area contributed by atoms with E-state index in [1.54, 1.807) is 0 Å². The van der Waals surface area contributed by atoms with Crippen LogP contribution in [0.3, 0.4) is 0 Å². The van der Waals surface area contributed by atoms with Crippen molar-refractivity contribution in [1.82, 2.24) is 4.57 Å². The molecule has 1 heterocycles. The molecule has 0 spiro atoms. The summed E-state index contributed by atoms with van der Waals surface area (Å²) in [5.41, 5.74) is 9.48. The predicted molar refractivity (Wildman–Crippen MR) is 86.6 cm³/mol. The largest absolute Gasteiger partial charge is 0.480 e. The Labute approximate surface area is 132 Å². The van der Waals surface area contributed by atoms with Crippen molar-refractivity contribution < 1.29 is 9.90 Å². The molecule has 4 nitrogen and oxygen atoms in total. The zero-order valence-electron chi connectivity index (χ0n) is 12.0. The summed E-state index contributed by atoms with van der Waals surface area (Å²) in [5.74, 6) is -0.775. The van der Waals surface area contributed by atoms with Crippen LogP contribution in [0.25, 0.3) is 10.9 Å². The SMILES string of the molecule is CCC(C(=O)O)n1c2c(c3cccc(Br)c31)CC(N)CC2. The molecule has 1 aromatic heterocycles. The Hall–Kier alpha value is -1.33. The first-order chi connectivity index (χ1) is 10.0. The van der Waals surface area contributed by atoms with Crippen LogP contribution in [0, 0.1) is 0 Å². The Morgan fingerprint density at radius 1 is 1.57 bits per heavy atom. The first-order valence-corrected chi connectivity index (χ1v) is 8.12. The number of rotatable bonds is 3. The maximum absolute atomic E-state index is 11.7. The van der Waals surface area contributed by atoms with E-state index in [9.17, 15) is 9.90 Å². The highest BCUT2D eigenvalue weighted by atomic mass is 79.9. The maximum atomic E-state index is 11.7. The molecule has 2 aromatic rings. The number of hydrogen-bond donors (Lipinski definition) is 2. The van der Waals surface area contributed by atoms with Gasteiger partial charge in [-0.2, -0.15) is 0 Å². The fourth-order valence-corrected chi connectivity index (χ4v) is 3.99. The summed E-state index contributed by atoms with van der Waals surface area (Å²) in [7, 11) is 0. The lowest BCUT2D eigenvalue weighted by molar-refractivity contribution is -0.140. The summed E-state index contributed by atoms with van der Waals surface area (Å²) in [6, 6.07) is 5.68. The highest BCUT2D eigenvalue weighted by molar-refractivity contribution is 9.10. The monoisotopic (exact) mass is 350 g/mol. The number of nitrogens with zero attached hydrogens (tertiary/aromatic N) is 1. The molecule has 2 atom stereocenters. The van der Waals surface area contributed by atoms with Gasteiger partial charge in [0.1, 0.15) is 6.04 Å². The third-order valence-corrected chi connectivity index (χ3v) is 5.03. The molecule has 1 aliphatic carbocycles. The van der Waals surface area contributed by atoms with Crippen LogP contribution in [0.4, 0.5) is 0 Å². The average molecular weight is 351 g/mol. The third kappa shape index (κ3) is 2.28. The molecule has 21 heavy (non-hydrogen) atoms. The standard InChI is InChI=1S/C16H19BrN2O2/c1-2-13(16(20)21)19-14-7-6-9(18)8-11(14)10-4-3-5-12(17)15(10)19/h3-5,9,13H,2,6-8,18H2,1H3,(H,20,21). The fourth-order valence-electron chi connectivity index (χ4n) is 3.44. The first kappa shape index (κ1) is 14.6. The molecule has 0 saturated heterocycles. The molecule has 0 saturated carbocycles. The number of para-hydroxylation sites is 1. The normalized spacial score (nSPS) is 19.5. The van der Waals surface area contributed by atoms with Gasteiger partial charge in [0.15, 0.2) is 0 Å². The van der Waals surface area contributed by atoms with Gasteiger partial charge in [0.2, 0.25) is 0 Å². The van der Waals surface area contributed by atoms with E-state index in [4.69, 9.17) is 5.73 Å². The zero-order valence-corrected chi connectivity index (χ0v) is 13.6. The van der Waals surface area contributed by atoms with E-state index >= 15 is 0 Å². The summed E-state index contributed by atoms with van der Waals surface area (Å²) in [6.45, 7) is 1.92. The second-order valence-corrected chi connectivity index (χ2v) is 6.55. The fraction of sp³-hybridized carbons (Fsp3) is 0.438. The van der Waals surface area contributed by atoms with Crippen molar-refractivity contribution in [3.05, 3.63) is 33.9 Å². The molecule has 0 aliphatic heterocycles. The van der Waals surface area contributed by atoms with Crippen molar-refractivity contribution in [2.24, 2.45) is 5.73 Å². The van der Waals surface area contributed by atoms with Crippen LogP contribution < -0.4 is 5.73 Å². The molecule has 1 aliphatic rings. The summed E-state index contributed by atoms with van der Waals surface area (Å²) in [4.78, 5) is 11.7. The van der Waals surface area contributed by atoms with Crippen molar-refractivity contribution in [2.45, 2.75) is 44.7 Å². The second-order valence-electron chi connectivity index (χ2n) is 5.70. The topological polar surface area (TPSA) is 68.2 Å². The summed E-state index contributed by atoms with van der Waals surface area (Å²) in [6.07, 6.45) is 3.16. The van der Waals surface area contributed by atoms with Crippen LogP contribution in [0.5, 0.6) is 0 Å². The highest BCUT2D eigenvalue weighted by Crippen LogP contribution is 2.38. The smallest absolute Gasteiger partial charge is 0.326 e. The van der Waals surface area contributed by atoms with Gasteiger partial charge < -0.3 is 15.4 Å². The summed E-state index contributed by atoms with van der Waals surface area (Å²) < 4.78 is 2.96. The lowest BCUT2D eigenvalue weighted by atomic mass is 9.92. The molecular weight excluding hydrogens is 332 g/mol. The molecule has 3 N–H and O–H groups in total. The van der Waals surface area contributed by atoms with E-state index in [0.717, 1.165) is 40.3 Å². The van der Waals surface area contributed by atoms with Crippen LogP contribution in [0.2, 0.25) is 0 Å². The summed E-state index contributed by atoms with van der Waals surface area (Å²) >= 11 is 3.59. The Morgan fingerprint density at radius 2 is 2.33 bits per heavy atom. The van der Waals surface area contributed by atoms with Gasteiger partial charge in [-0.1, -0.05) is 19.1 Å². The maximum Gasteiger partial charge on any atom is 0.326 e. The van der Waals surface area contributed by atoms with Crippen molar-refractivity contribution >= 4 is 32.8 Å². The van der Waals surface area contributed by atoms with Gasteiger partial charge in [0.25, 0.3) is 0 Å². The van der Waals surface area contributed by atoms with Gasteiger partial charge in [0, 0.05) is 21.6 Å². The molecule has 0 fully saturated rings. The van der Waals surface area contributed by atoms with E-state index in [1.807, 2.05) is 23.6 Å². The predicted octanol–water partition coefficient (Wildman–Crippen LogP) is 3.26. The Bertz CT molecular complexity index is 708. The molecule has 0 amide bonds. The van der Waals surface area contributed by atoms with Crippen LogP contribution >= 0.6 is 15.9 Å². The minimum atomic E-state index is -0.775. The molecular formula is C16H19BrN2O2. The number of benzene rings is 1. The lowest BCUT2D eigenvalue weighted by Gasteiger charge is -2.23. The molecule has 112 valence electrons. The Balaban J connectivity index is 2.34. The van der Waals surface area contributed by atoms with Crippen molar-refractivity contribution in [3.8, 4) is 0 Å². The van der Waals surface area contributed by atoms with E-state index in [-0.39, 0.29) is 6.04 Å². The number of nitrogens with two attached hydrogens (primary N) is 1. The minimum Gasteiger partial charge on any atom is -0.480 e. The van der Waals surface area contributed by atoms with Gasteiger partial charge in [-0.25, -0.2) is 4.79 Å². The third-order valence-electron chi connectivity index (χ3n) is 4.39. The van der Waals surface area contributed by atoms with Crippen LogP contribution in [0.1, 0.15) is 37.1 Å². The summed E-state index contributed by atoms with van der Waals surface area (Å²) in [5, 5.41) is 10.7. The van der Waals surface area contributed by atoms with E-state index in [0.29, 0.717) is 6.42 Å². The van der Waals surface area contributed by atoms with E-state index in [2.05, 4.69) is 22.0 Å². The number of hydrogen-bond acceptors (Lipinski definition) is 2. The van der Waals surface area contributed by atoms with Gasteiger partial charge in [-0.15, -0.1) is 0 Å². The quantitative estimate of drug-likeness (QED) is 0.892. The molecule has 3 rings (SSSR count). The number of halogens is 1. The zero-order chi connectivity index (χ0) is 15.1. The number of aliphatic carboxylic acids is 1. The van der Waals surface area contributed by atoms with Crippen LogP contribution in [-0.2, 0) is 17.6 Å². The van der Waals surface area contributed by atoms with Gasteiger partial charge in [0.05, 0.1) is 5.52 Å². The van der Waals surface area contributed by atoms with Crippen LogP contribution in [0.15, 0.2) is 22.7 Å². The lowest BCUT2D eigenvalue weighted by Crippen LogP contribution is -2.29. The van der Waals surface area contributed by atoms with E-state index in [1.165, 1.54) is 5.56 Å².